The van der Waals surface area contributed by atoms with Crippen LogP contribution in [-0.4, -0.2) is 24.5 Å². The SMILES string of the molecule is CC.CC(C)/C=C/CN1CCCC1. The summed E-state index contributed by atoms with van der Waals surface area (Å²) in [6.45, 7) is 12.2. The number of hydrogen-bond acceptors (Lipinski definition) is 1. The van der Waals surface area contributed by atoms with Crippen LogP contribution in [0.2, 0.25) is 0 Å². The molecule has 1 heteroatoms. The Labute approximate surface area is 83.8 Å². The summed E-state index contributed by atoms with van der Waals surface area (Å²) >= 11 is 0. The molecule has 0 radical (unpaired) electrons. The Balaban J connectivity index is 0.000000671. The maximum absolute atomic E-state index is 2.51. The maximum atomic E-state index is 2.51. The molecule has 0 spiro atoms. The van der Waals surface area contributed by atoms with Gasteiger partial charge in [-0.15, -0.1) is 0 Å². The molecule has 0 bridgehead atoms. The Morgan fingerprint density at radius 1 is 1.15 bits per heavy atom. The monoisotopic (exact) mass is 183 g/mol. The molecule has 0 aromatic heterocycles. The molecule has 13 heavy (non-hydrogen) atoms. The topological polar surface area (TPSA) is 3.24 Å². The molecule has 0 saturated carbocycles. The molecule has 1 aliphatic heterocycles. The van der Waals surface area contributed by atoms with Gasteiger partial charge in [-0.1, -0.05) is 39.8 Å². The van der Waals surface area contributed by atoms with E-state index < -0.39 is 0 Å². The lowest BCUT2D eigenvalue weighted by Gasteiger charge is -2.10. The lowest BCUT2D eigenvalue weighted by molar-refractivity contribution is 0.376. The molecule has 1 saturated heterocycles. The van der Waals surface area contributed by atoms with Gasteiger partial charge in [-0.25, -0.2) is 0 Å². The quantitative estimate of drug-likeness (QED) is 0.607. The second-order valence-electron chi connectivity index (χ2n) is 3.68. The van der Waals surface area contributed by atoms with Crippen LogP contribution in [0.3, 0.4) is 0 Å². The van der Waals surface area contributed by atoms with E-state index in [1.807, 2.05) is 13.8 Å². The summed E-state index contributed by atoms with van der Waals surface area (Å²) in [5.41, 5.74) is 0. The number of hydrogen-bond donors (Lipinski definition) is 0. The molecular weight excluding hydrogens is 158 g/mol. The van der Waals surface area contributed by atoms with Crippen LogP contribution in [0.15, 0.2) is 12.2 Å². The molecule has 1 heterocycles. The number of likely N-dealkylation sites (tertiary alicyclic amines) is 1. The van der Waals surface area contributed by atoms with Crippen molar-refractivity contribution in [3.63, 3.8) is 0 Å². The summed E-state index contributed by atoms with van der Waals surface area (Å²) in [6, 6.07) is 0. The zero-order chi connectivity index (χ0) is 10.1. The lowest BCUT2D eigenvalue weighted by Crippen LogP contribution is -2.18. The number of allylic oxidation sites excluding steroid dienone is 1. The minimum absolute atomic E-state index is 0.706. The van der Waals surface area contributed by atoms with Crippen LogP contribution in [0.5, 0.6) is 0 Å². The second kappa shape index (κ2) is 8.31. The fourth-order valence-electron chi connectivity index (χ4n) is 1.45. The summed E-state index contributed by atoms with van der Waals surface area (Å²) in [7, 11) is 0. The molecule has 0 aromatic rings. The minimum atomic E-state index is 0.706. The first-order valence-corrected chi connectivity index (χ1v) is 5.68. The molecule has 0 atom stereocenters. The molecule has 1 rings (SSSR count). The summed E-state index contributed by atoms with van der Waals surface area (Å²) in [5.74, 6) is 0.706. The summed E-state index contributed by atoms with van der Waals surface area (Å²) in [5, 5.41) is 0. The Morgan fingerprint density at radius 2 is 1.69 bits per heavy atom. The predicted octanol–water partition coefficient (Wildman–Crippen LogP) is 3.32. The second-order valence-corrected chi connectivity index (χ2v) is 3.68. The van der Waals surface area contributed by atoms with Crippen molar-refractivity contribution in [3.8, 4) is 0 Å². The van der Waals surface area contributed by atoms with E-state index in [0.29, 0.717) is 5.92 Å². The van der Waals surface area contributed by atoms with Gasteiger partial charge in [0, 0.05) is 6.54 Å². The molecule has 0 amide bonds. The van der Waals surface area contributed by atoms with Gasteiger partial charge < -0.3 is 0 Å². The van der Waals surface area contributed by atoms with Crippen LogP contribution in [0.25, 0.3) is 0 Å². The highest BCUT2D eigenvalue weighted by molar-refractivity contribution is 4.88. The fourth-order valence-corrected chi connectivity index (χ4v) is 1.45. The van der Waals surface area contributed by atoms with Crippen molar-refractivity contribution < 1.29 is 0 Å². The van der Waals surface area contributed by atoms with Crippen molar-refractivity contribution in [1.82, 2.24) is 4.90 Å². The fraction of sp³-hybridized carbons (Fsp3) is 0.833. The highest BCUT2D eigenvalue weighted by atomic mass is 15.1. The molecule has 0 aliphatic carbocycles. The molecule has 1 nitrogen and oxygen atoms in total. The van der Waals surface area contributed by atoms with Crippen LogP contribution >= 0.6 is 0 Å². The van der Waals surface area contributed by atoms with Crippen molar-refractivity contribution in [2.24, 2.45) is 5.92 Å². The highest BCUT2D eigenvalue weighted by Crippen LogP contribution is 2.06. The average molecular weight is 183 g/mol. The Kier molecular flexibility index (Phi) is 8.11. The summed E-state index contributed by atoms with van der Waals surface area (Å²) in [6.07, 6.45) is 7.39. The van der Waals surface area contributed by atoms with Gasteiger partial charge in [0.25, 0.3) is 0 Å². The number of rotatable bonds is 3. The van der Waals surface area contributed by atoms with Gasteiger partial charge in [0.1, 0.15) is 0 Å². The Hall–Kier alpha value is -0.300. The third kappa shape index (κ3) is 6.83. The Bertz CT molecular complexity index is 121. The van der Waals surface area contributed by atoms with Crippen molar-refractivity contribution >= 4 is 0 Å². The standard InChI is InChI=1S/C10H19N.C2H6/c1-10(2)6-5-9-11-7-3-4-8-11;1-2/h5-6,10H,3-4,7-9H2,1-2H3;1-2H3/b6-5+;. The largest absolute Gasteiger partial charge is 0.300 e. The van der Waals surface area contributed by atoms with E-state index in [4.69, 9.17) is 0 Å². The van der Waals surface area contributed by atoms with Crippen molar-refractivity contribution in [3.05, 3.63) is 12.2 Å². The zero-order valence-electron chi connectivity index (χ0n) is 9.71. The van der Waals surface area contributed by atoms with Crippen molar-refractivity contribution in [1.29, 1.82) is 0 Å². The third-order valence-electron chi connectivity index (χ3n) is 2.08. The first-order valence-electron chi connectivity index (χ1n) is 5.68. The first kappa shape index (κ1) is 12.7. The summed E-state index contributed by atoms with van der Waals surface area (Å²) in [4.78, 5) is 2.51. The number of nitrogens with zero attached hydrogens (tertiary/aromatic N) is 1. The van der Waals surface area contributed by atoms with Crippen LogP contribution in [0, 0.1) is 5.92 Å². The van der Waals surface area contributed by atoms with Gasteiger partial charge in [0.05, 0.1) is 0 Å². The smallest absolute Gasteiger partial charge is 0.0163 e. The molecule has 78 valence electrons. The molecule has 1 aliphatic rings. The van der Waals surface area contributed by atoms with E-state index in [9.17, 15) is 0 Å². The van der Waals surface area contributed by atoms with E-state index in [1.54, 1.807) is 0 Å². The van der Waals surface area contributed by atoms with Crippen molar-refractivity contribution in [2.45, 2.75) is 40.5 Å². The molecule has 1 fully saturated rings. The van der Waals surface area contributed by atoms with Gasteiger partial charge >= 0.3 is 0 Å². The Morgan fingerprint density at radius 3 is 2.15 bits per heavy atom. The van der Waals surface area contributed by atoms with E-state index >= 15 is 0 Å². The van der Waals surface area contributed by atoms with Gasteiger partial charge in [-0.3, -0.25) is 4.90 Å². The first-order chi connectivity index (χ1) is 6.29. The third-order valence-corrected chi connectivity index (χ3v) is 2.08. The van der Waals surface area contributed by atoms with E-state index in [1.165, 1.54) is 25.9 Å². The van der Waals surface area contributed by atoms with Crippen molar-refractivity contribution in [2.75, 3.05) is 19.6 Å². The molecule has 0 unspecified atom stereocenters. The predicted molar refractivity (Wildman–Crippen MR) is 61.0 cm³/mol. The van der Waals surface area contributed by atoms with Crippen LogP contribution < -0.4 is 0 Å². The van der Waals surface area contributed by atoms with Gasteiger partial charge in [-0.2, -0.15) is 0 Å². The van der Waals surface area contributed by atoms with E-state index in [2.05, 4.69) is 30.9 Å². The van der Waals surface area contributed by atoms with Gasteiger partial charge in [-0.05, 0) is 31.8 Å². The molecule has 0 aromatic carbocycles. The van der Waals surface area contributed by atoms with E-state index in [-0.39, 0.29) is 0 Å². The minimum Gasteiger partial charge on any atom is -0.300 e. The van der Waals surface area contributed by atoms with Gasteiger partial charge in [0.15, 0.2) is 0 Å². The van der Waals surface area contributed by atoms with Crippen LogP contribution in [-0.2, 0) is 0 Å². The molecular formula is C12H25N. The van der Waals surface area contributed by atoms with Crippen LogP contribution in [0.4, 0.5) is 0 Å². The van der Waals surface area contributed by atoms with Crippen LogP contribution in [0.1, 0.15) is 40.5 Å². The van der Waals surface area contributed by atoms with Gasteiger partial charge in [0.2, 0.25) is 0 Å². The zero-order valence-corrected chi connectivity index (χ0v) is 9.71. The average Bonchev–Trinajstić information content (AvgIpc) is 2.60. The maximum Gasteiger partial charge on any atom is 0.0163 e. The molecule has 0 N–H and O–H groups in total. The van der Waals surface area contributed by atoms with E-state index in [0.717, 1.165) is 6.54 Å². The highest BCUT2D eigenvalue weighted by Gasteiger charge is 2.08. The lowest BCUT2D eigenvalue weighted by atomic mass is 10.2. The normalized spacial score (nSPS) is 17.9. The summed E-state index contributed by atoms with van der Waals surface area (Å²) < 4.78 is 0.